The Morgan fingerprint density at radius 1 is 1.24 bits per heavy atom. The predicted molar refractivity (Wildman–Crippen MR) is 116 cm³/mol. The Balaban J connectivity index is 0.00000150. The Morgan fingerprint density at radius 2 is 2.03 bits per heavy atom. The van der Waals surface area contributed by atoms with Crippen LogP contribution < -0.4 is 11.3 Å². The fraction of sp³-hybridized carbons (Fsp3) is 0.526. The van der Waals surface area contributed by atoms with E-state index in [0.29, 0.717) is 49.5 Å². The van der Waals surface area contributed by atoms with Crippen LogP contribution in [0, 0.1) is 0 Å². The second-order valence-corrected chi connectivity index (χ2v) is 7.31. The van der Waals surface area contributed by atoms with Crippen LogP contribution >= 0.6 is 24.8 Å². The van der Waals surface area contributed by atoms with E-state index < -0.39 is 6.10 Å². The summed E-state index contributed by atoms with van der Waals surface area (Å²) in [5, 5.41) is 0.581. The topological polar surface area (TPSA) is 105 Å². The zero-order valence-electron chi connectivity index (χ0n) is 16.1. The number of para-hydroxylation sites is 1. The normalized spacial score (nSPS) is 22.6. The number of rotatable bonds is 3. The number of carbonyl (C=O) groups excluding carboxylic acids is 1. The van der Waals surface area contributed by atoms with Crippen molar-refractivity contribution in [2.75, 3.05) is 32.8 Å². The Morgan fingerprint density at radius 3 is 2.83 bits per heavy atom. The highest BCUT2D eigenvalue weighted by atomic mass is 35.5. The Labute approximate surface area is 181 Å². The molecule has 2 unspecified atom stereocenters. The zero-order valence-corrected chi connectivity index (χ0v) is 17.7. The van der Waals surface area contributed by atoms with E-state index in [1.165, 1.54) is 0 Å². The molecule has 0 spiro atoms. The summed E-state index contributed by atoms with van der Waals surface area (Å²) in [6, 6.07) is 7.33. The van der Waals surface area contributed by atoms with Crippen molar-refractivity contribution in [2.45, 2.75) is 31.5 Å². The molecule has 8 nitrogen and oxygen atoms in total. The second kappa shape index (κ2) is 10.4. The lowest BCUT2D eigenvalue weighted by molar-refractivity contribution is -0.151. The van der Waals surface area contributed by atoms with E-state index in [-0.39, 0.29) is 42.3 Å². The maximum Gasteiger partial charge on any atom is 0.258 e. The average molecular weight is 444 g/mol. The maximum atomic E-state index is 12.8. The Hall–Kier alpha value is -1.71. The van der Waals surface area contributed by atoms with Crippen molar-refractivity contribution in [3.05, 3.63) is 40.4 Å². The summed E-state index contributed by atoms with van der Waals surface area (Å²) in [6.45, 7) is 3.48. The third-order valence-corrected chi connectivity index (χ3v) is 5.23. The smallest absolute Gasteiger partial charge is 0.258 e. The van der Waals surface area contributed by atoms with Crippen LogP contribution in [0.15, 0.2) is 29.1 Å². The zero-order chi connectivity index (χ0) is 18.8. The van der Waals surface area contributed by atoms with Gasteiger partial charge in [0.05, 0.1) is 24.1 Å². The number of aromatic amines is 1. The molecular formula is C19H27Cl2N5O3. The van der Waals surface area contributed by atoms with Crippen LogP contribution in [-0.4, -0.2) is 70.6 Å². The highest BCUT2D eigenvalue weighted by Gasteiger charge is 2.32. The molecule has 3 N–H and O–H groups in total. The number of nitrogens with two attached hydrogens (primary N) is 1. The Bertz CT molecular complexity index is 894. The van der Waals surface area contributed by atoms with Crippen molar-refractivity contribution in [2.24, 2.45) is 5.73 Å². The lowest BCUT2D eigenvalue weighted by Crippen LogP contribution is -2.54. The van der Waals surface area contributed by atoms with Crippen LogP contribution in [0.3, 0.4) is 0 Å². The largest absolute Gasteiger partial charge is 0.366 e. The average Bonchev–Trinajstić information content (AvgIpc) is 2.68. The molecule has 1 amide bonds. The van der Waals surface area contributed by atoms with Gasteiger partial charge in [0.2, 0.25) is 0 Å². The highest BCUT2D eigenvalue weighted by Crippen LogP contribution is 2.15. The van der Waals surface area contributed by atoms with Gasteiger partial charge in [-0.2, -0.15) is 0 Å². The van der Waals surface area contributed by atoms with Crippen LogP contribution in [0.4, 0.5) is 0 Å². The van der Waals surface area contributed by atoms with E-state index in [2.05, 4.69) is 14.9 Å². The van der Waals surface area contributed by atoms with Gasteiger partial charge in [-0.25, -0.2) is 4.98 Å². The highest BCUT2D eigenvalue weighted by molar-refractivity contribution is 5.85. The summed E-state index contributed by atoms with van der Waals surface area (Å²) >= 11 is 0. The number of benzene rings is 1. The molecule has 2 aliphatic rings. The minimum atomic E-state index is -0.490. The molecule has 29 heavy (non-hydrogen) atoms. The third kappa shape index (κ3) is 5.46. The molecule has 10 heteroatoms. The molecule has 0 aliphatic carbocycles. The molecule has 2 aliphatic heterocycles. The summed E-state index contributed by atoms with van der Waals surface area (Å²) < 4.78 is 5.72. The number of ether oxygens (including phenoxy) is 1. The molecule has 2 saturated heterocycles. The standard InChI is InChI=1S/C19H25N5O3.2ClH/c20-13-4-3-7-24(10-13)19(26)16-11-23(8-9-27-16)12-17-21-15-6-2-1-5-14(15)18(25)22-17;;/h1-2,5-6,13,16H,3-4,7-12,20H2,(H,21,22,25);2*1H. The van der Waals surface area contributed by atoms with Gasteiger partial charge in [0.25, 0.3) is 11.5 Å². The number of morpholine rings is 1. The SMILES string of the molecule is Cl.Cl.NC1CCCN(C(=O)C2CN(Cc3nc4ccccc4c(=O)[nH]3)CCO2)C1. The molecule has 4 rings (SSSR count). The number of hydrogen-bond acceptors (Lipinski definition) is 6. The summed E-state index contributed by atoms with van der Waals surface area (Å²) in [4.78, 5) is 36.3. The van der Waals surface area contributed by atoms with Gasteiger partial charge in [0.15, 0.2) is 0 Å². The van der Waals surface area contributed by atoms with Gasteiger partial charge in [0, 0.05) is 32.2 Å². The van der Waals surface area contributed by atoms with E-state index in [4.69, 9.17) is 10.5 Å². The third-order valence-electron chi connectivity index (χ3n) is 5.23. The van der Waals surface area contributed by atoms with Crippen LogP contribution in [0.1, 0.15) is 18.7 Å². The maximum absolute atomic E-state index is 12.8. The Kier molecular flexibility index (Phi) is 8.42. The first-order chi connectivity index (χ1) is 13.1. The molecule has 1 aromatic carbocycles. The van der Waals surface area contributed by atoms with Crippen LogP contribution in [0.5, 0.6) is 0 Å². The first-order valence-electron chi connectivity index (χ1n) is 9.46. The fourth-order valence-electron chi connectivity index (χ4n) is 3.83. The van der Waals surface area contributed by atoms with Crippen molar-refractivity contribution in [1.82, 2.24) is 19.8 Å². The van der Waals surface area contributed by atoms with Crippen molar-refractivity contribution in [3.63, 3.8) is 0 Å². The minimum absolute atomic E-state index is 0. The quantitative estimate of drug-likeness (QED) is 0.730. The number of piperidine rings is 1. The molecule has 0 radical (unpaired) electrons. The summed E-state index contributed by atoms with van der Waals surface area (Å²) in [5.41, 5.74) is 6.53. The van der Waals surface area contributed by atoms with Gasteiger partial charge in [0.1, 0.15) is 11.9 Å². The molecule has 0 bridgehead atoms. The van der Waals surface area contributed by atoms with Crippen LogP contribution in [-0.2, 0) is 16.1 Å². The number of aromatic nitrogens is 2. The van der Waals surface area contributed by atoms with E-state index in [9.17, 15) is 9.59 Å². The monoisotopic (exact) mass is 443 g/mol. The van der Waals surface area contributed by atoms with Crippen LogP contribution in [0.2, 0.25) is 0 Å². The summed E-state index contributed by atoms with van der Waals surface area (Å²) in [6.07, 6.45) is 1.41. The molecule has 3 heterocycles. The number of fused-ring (bicyclic) bond motifs is 1. The van der Waals surface area contributed by atoms with Gasteiger partial charge in [-0.15, -0.1) is 24.8 Å². The number of nitrogens with zero attached hydrogens (tertiary/aromatic N) is 3. The van der Waals surface area contributed by atoms with Crippen molar-refractivity contribution in [3.8, 4) is 0 Å². The fourth-order valence-corrected chi connectivity index (χ4v) is 3.83. The number of H-pyrrole nitrogens is 1. The van der Waals surface area contributed by atoms with E-state index >= 15 is 0 Å². The number of hydrogen-bond donors (Lipinski definition) is 2. The van der Waals surface area contributed by atoms with Gasteiger partial charge in [-0.05, 0) is 25.0 Å². The van der Waals surface area contributed by atoms with Gasteiger partial charge in [-0.1, -0.05) is 12.1 Å². The first kappa shape index (κ1) is 23.6. The number of likely N-dealkylation sites (tertiary alicyclic amines) is 1. The number of carbonyl (C=O) groups is 1. The number of nitrogens with one attached hydrogen (secondary N) is 1. The van der Waals surface area contributed by atoms with E-state index in [0.717, 1.165) is 19.4 Å². The molecular weight excluding hydrogens is 417 g/mol. The molecule has 160 valence electrons. The molecule has 0 saturated carbocycles. The lowest BCUT2D eigenvalue weighted by atomic mass is 10.1. The van der Waals surface area contributed by atoms with Crippen molar-refractivity contribution in [1.29, 1.82) is 0 Å². The molecule has 2 aromatic rings. The molecule has 1 aromatic heterocycles. The number of halogens is 2. The van der Waals surface area contributed by atoms with E-state index in [1.54, 1.807) is 6.07 Å². The molecule has 2 atom stereocenters. The van der Waals surface area contributed by atoms with Gasteiger partial charge in [-0.3, -0.25) is 14.5 Å². The van der Waals surface area contributed by atoms with Gasteiger partial charge >= 0.3 is 0 Å². The first-order valence-corrected chi connectivity index (χ1v) is 9.46. The lowest BCUT2D eigenvalue weighted by Gasteiger charge is -2.37. The summed E-state index contributed by atoms with van der Waals surface area (Å²) in [5.74, 6) is 0.613. The summed E-state index contributed by atoms with van der Waals surface area (Å²) in [7, 11) is 0. The van der Waals surface area contributed by atoms with Crippen molar-refractivity contribution >= 4 is 41.6 Å². The van der Waals surface area contributed by atoms with Crippen molar-refractivity contribution < 1.29 is 9.53 Å². The second-order valence-electron chi connectivity index (χ2n) is 7.31. The van der Waals surface area contributed by atoms with Gasteiger partial charge < -0.3 is 20.4 Å². The molecule has 2 fully saturated rings. The van der Waals surface area contributed by atoms with Crippen LogP contribution in [0.25, 0.3) is 10.9 Å². The number of amides is 1. The van der Waals surface area contributed by atoms with E-state index in [1.807, 2.05) is 23.1 Å². The minimum Gasteiger partial charge on any atom is -0.366 e. The predicted octanol–water partition coefficient (Wildman–Crippen LogP) is 0.917.